The summed E-state index contributed by atoms with van der Waals surface area (Å²) in [6.07, 6.45) is 0. The van der Waals surface area contributed by atoms with Crippen molar-refractivity contribution in [3.05, 3.63) is 20.8 Å². The molecule has 0 bridgehead atoms. The summed E-state index contributed by atoms with van der Waals surface area (Å²) >= 11 is 3.21. The molecule has 3 rings (SSSR count). The number of hydrogen-bond donors (Lipinski definition) is 0. The summed E-state index contributed by atoms with van der Waals surface area (Å²) in [6.45, 7) is 10.7. The molecule has 11 heteroatoms. The highest BCUT2D eigenvalue weighted by atomic mass is 79.9. The molecule has 10 nitrogen and oxygen atoms in total. The molecule has 1 amide bonds. The molecule has 2 aromatic rings. The molecule has 0 atom stereocenters. The highest BCUT2D eigenvalue weighted by Gasteiger charge is 2.27. The van der Waals surface area contributed by atoms with Crippen LogP contribution < -0.4 is 10.5 Å². The van der Waals surface area contributed by atoms with Crippen LogP contribution in [0.25, 0.3) is 5.78 Å². The summed E-state index contributed by atoms with van der Waals surface area (Å²) < 4.78 is 8.53. The van der Waals surface area contributed by atoms with Crippen molar-refractivity contribution in [2.24, 2.45) is 0 Å². The number of anilines is 1. The first-order valence-corrected chi connectivity index (χ1v) is 10.1. The van der Waals surface area contributed by atoms with Gasteiger partial charge >= 0.3 is 5.97 Å². The average molecular weight is 469 g/mol. The zero-order valence-corrected chi connectivity index (χ0v) is 18.8. The van der Waals surface area contributed by atoms with Crippen LogP contribution in [0.1, 0.15) is 33.4 Å². The molecule has 0 N–H and O–H groups in total. The number of aromatic nitrogens is 4. The standard InChI is InChI=1S/C18H25BrN6O4/c1-11-14(23-8-6-22(7-9-23)12(2)26)15(28)25-17(20-16(19)21-25)24(11)10-13(27)29-18(3,4)5/h6-10H2,1-5H3. The molecule has 3 heterocycles. The van der Waals surface area contributed by atoms with Crippen LogP contribution in [0.3, 0.4) is 0 Å². The monoisotopic (exact) mass is 468 g/mol. The van der Waals surface area contributed by atoms with Crippen molar-refractivity contribution in [1.82, 2.24) is 24.1 Å². The number of ether oxygens (including phenoxy) is 1. The number of fused-ring (bicyclic) bond motifs is 1. The van der Waals surface area contributed by atoms with E-state index in [-0.39, 0.29) is 28.5 Å². The Labute approximate surface area is 176 Å². The van der Waals surface area contributed by atoms with Crippen LogP contribution in [0.5, 0.6) is 0 Å². The van der Waals surface area contributed by atoms with E-state index in [4.69, 9.17) is 4.74 Å². The maximum absolute atomic E-state index is 13.1. The van der Waals surface area contributed by atoms with E-state index >= 15 is 0 Å². The number of nitrogens with zero attached hydrogens (tertiary/aromatic N) is 6. The predicted molar refractivity (Wildman–Crippen MR) is 110 cm³/mol. The lowest BCUT2D eigenvalue weighted by Gasteiger charge is -2.36. The molecule has 0 radical (unpaired) electrons. The Kier molecular flexibility index (Phi) is 5.70. The summed E-state index contributed by atoms with van der Waals surface area (Å²) in [4.78, 5) is 45.1. The largest absolute Gasteiger partial charge is 0.459 e. The lowest BCUT2D eigenvalue weighted by molar-refractivity contribution is -0.155. The van der Waals surface area contributed by atoms with Crippen LogP contribution in [-0.2, 0) is 20.9 Å². The molecule has 2 aromatic heterocycles. The number of esters is 1. The van der Waals surface area contributed by atoms with Gasteiger partial charge in [0.1, 0.15) is 17.8 Å². The molecule has 0 aliphatic carbocycles. The maximum Gasteiger partial charge on any atom is 0.326 e. The van der Waals surface area contributed by atoms with E-state index in [2.05, 4.69) is 26.0 Å². The van der Waals surface area contributed by atoms with E-state index < -0.39 is 11.6 Å². The second-order valence-corrected chi connectivity index (χ2v) is 8.71. The molecule has 1 saturated heterocycles. The quantitative estimate of drug-likeness (QED) is 0.618. The number of amides is 1. The first-order valence-electron chi connectivity index (χ1n) is 9.36. The van der Waals surface area contributed by atoms with Gasteiger partial charge in [-0.3, -0.25) is 14.4 Å². The molecule has 0 unspecified atom stereocenters. The Bertz CT molecular complexity index is 1010. The van der Waals surface area contributed by atoms with Gasteiger partial charge in [-0.1, -0.05) is 0 Å². The summed E-state index contributed by atoms with van der Waals surface area (Å²) in [7, 11) is 0. The van der Waals surface area contributed by atoms with Crippen LogP contribution in [0, 0.1) is 6.92 Å². The molecule has 158 valence electrons. The average Bonchev–Trinajstić information content (AvgIpc) is 2.99. The minimum absolute atomic E-state index is 0.0133. The van der Waals surface area contributed by atoms with E-state index in [0.29, 0.717) is 37.6 Å². The molecule has 1 aliphatic heterocycles. The third kappa shape index (κ3) is 4.44. The van der Waals surface area contributed by atoms with Gasteiger partial charge in [0.05, 0.1) is 0 Å². The third-order valence-electron chi connectivity index (χ3n) is 4.70. The van der Waals surface area contributed by atoms with Crippen molar-refractivity contribution in [3.63, 3.8) is 0 Å². The van der Waals surface area contributed by atoms with Gasteiger partial charge < -0.3 is 19.1 Å². The van der Waals surface area contributed by atoms with E-state index in [1.54, 1.807) is 37.2 Å². The van der Waals surface area contributed by atoms with Crippen molar-refractivity contribution in [2.75, 3.05) is 31.1 Å². The van der Waals surface area contributed by atoms with Crippen LogP contribution in [0.2, 0.25) is 0 Å². The first kappa shape index (κ1) is 21.3. The van der Waals surface area contributed by atoms with E-state index in [9.17, 15) is 14.4 Å². The maximum atomic E-state index is 13.1. The highest BCUT2D eigenvalue weighted by Crippen LogP contribution is 2.21. The molecule has 0 spiro atoms. The van der Waals surface area contributed by atoms with Gasteiger partial charge in [-0.2, -0.15) is 9.50 Å². The van der Waals surface area contributed by atoms with Crippen molar-refractivity contribution in [3.8, 4) is 0 Å². The predicted octanol–water partition coefficient (Wildman–Crippen LogP) is 0.972. The fraction of sp³-hybridized carbons (Fsp3) is 0.611. The van der Waals surface area contributed by atoms with E-state index in [1.807, 2.05) is 4.90 Å². The lowest BCUT2D eigenvalue weighted by Crippen LogP contribution is -2.50. The first-order chi connectivity index (χ1) is 13.5. The van der Waals surface area contributed by atoms with Crippen molar-refractivity contribution < 1.29 is 14.3 Å². The summed E-state index contributed by atoms with van der Waals surface area (Å²) in [6, 6.07) is 0. The number of rotatable bonds is 3. The van der Waals surface area contributed by atoms with Crippen molar-refractivity contribution in [2.45, 2.75) is 46.8 Å². The van der Waals surface area contributed by atoms with Gasteiger partial charge in [0.2, 0.25) is 16.4 Å². The SMILES string of the molecule is CC(=O)N1CCN(c2c(C)n(CC(=O)OC(C)(C)C)c3nc(Br)nn3c2=O)CC1. The zero-order valence-electron chi connectivity index (χ0n) is 17.2. The fourth-order valence-electron chi connectivity index (χ4n) is 3.42. The number of carbonyl (C=O) groups excluding carboxylic acids is 2. The Morgan fingerprint density at radius 3 is 2.34 bits per heavy atom. The van der Waals surface area contributed by atoms with Gasteiger partial charge in [-0.15, -0.1) is 5.10 Å². The second kappa shape index (κ2) is 7.77. The smallest absolute Gasteiger partial charge is 0.326 e. The molecule has 0 aromatic carbocycles. The van der Waals surface area contributed by atoms with Crippen LogP contribution in [0.4, 0.5) is 5.69 Å². The number of halogens is 1. The number of carbonyl (C=O) groups is 2. The summed E-state index contributed by atoms with van der Waals surface area (Å²) in [5.74, 6) is -0.159. The Morgan fingerprint density at radius 2 is 1.79 bits per heavy atom. The topological polar surface area (TPSA) is 102 Å². The summed E-state index contributed by atoms with van der Waals surface area (Å²) in [5.41, 5.74) is 0.110. The zero-order chi connectivity index (χ0) is 21.5. The van der Waals surface area contributed by atoms with Crippen molar-refractivity contribution in [1.29, 1.82) is 0 Å². The van der Waals surface area contributed by atoms with E-state index in [1.165, 1.54) is 11.4 Å². The fourth-order valence-corrected chi connectivity index (χ4v) is 3.74. The number of hydrogen-bond acceptors (Lipinski definition) is 7. The van der Waals surface area contributed by atoms with Gasteiger partial charge in [0, 0.05) is 38.8 Å². The van der Waals surface area contributed by atoms with Gasteiger partial charge in [0.25, 0.3) is 5.56 Å². The van der Waals surface area contributed by atoms with Gasteiger partial charge in [-0.25, -0.2) is 0 Å². The third-order valence-corrected chi connectivity index (χ3v) is 5.03. The second-order valence-electron chi connectivity index (χ2n) is 8.00. The minimum atomic E-state index is -0.625. The summed E-state index contributed by atoms with van der Waals surface area (Å²) in [5, 5.41) is 4.14. The lowest BCUT2D eigenvalue weighted by atomic mass is 10.2. The molecular weight excluding hydrogens is 444 g/mol. The molecule has 1 aliphatic rings. The number of piperazine rings is 1. The van der Waals surface area contributed by atoms with Crippen LogP contribution >= 0.6 is 15.9 Å². The van der Waals surface area contributed by atoms with Gasteiger partial charge in [-0.05, 0) is 43.6 Å². The Balaban J connectivity index is 2.04. The minimum Gasteiger partial charge on any atom is -0.459 e. The molecule has 29 heavy (non-hydrogen) atoms. The highest BCUT2D eigenvalue weighted by molar-refractivity contribution is 9.10. The van der Waals surface area contributed by atoms with E-state index in [0.717, 1.165) is 0 Å². The van der Waals surface area contributed by atoms with Crippen LogP contribution in [0.15, 0.2) is 9.53 Å². The Morgan fingerprint density at radius 1 is 1.17 bits per heavy atom. The van der Waals surface area contributed by atoms with Gasteiger partial charge in [0.15, 0.2) is 0 Å². The molecular formula is C18H25BrN6O4. The van der Waals surface area contributed by atoms with Crippen LogP contribution in [-0.4, -0.2) is 67.7 Å². The normalized spacial score (nSPS) is 15.1. The molecule has 1 fully saturated rings. The molecule has 0 saturated carbocycles. The Hall–Kier alpha value is -2.43. The van der Waals surface area contributed by atoms with Crippen molar-refractivity contribution >= 4 is 39.3 Å².